The molecule has 2 rings (SSSR count). The maximum atomic E-state index is 11.9. The van der Waals surface area contributed by atoms with Crippen LogP contribution in [-0.4, -0.2) is 26.3 Å². The molecule has 0 radical (unpaired) electrons. The fourth-order valence-electron chi connectivity index (χ4n) is 1.55. The molecule has 0 spiro atoms. The molecule has 16 heavy (non-hydrogen) atoms. The van der Waals surface area contributed by atoms with Crippen LogP contribution < -0.4 is 5.32 Å². The van der Waals surface area contributed by atoms with Crippen molar-refractivity contribution < 1.29 is 4.79 Å². The van der Waals surface area contributed by atoms with E-state index in [2.05, 4.69) is 19.2 Å². The third kappa shape index (κ3) is 2.75. The standard InChI is InChI=1S/C13H15NOSe/c1-13(2)9-16-12(14-13)8-11(15)10-6-4-3-5-7-10/h3-8,14H,9H2,1-2H3/b12-8+. The number of ketones is 1. The minimum atomic E-state index is 0.0997. The molecule has 0 atom stereocenters. The van der Waals surface area contributed by atoms with Gasteiger partial charge in [-0.05, 0) is 0 Å². The SMILES string of the molecule is CC1(C)C[Se]/C(=C/C(=O)c2ccccc2)N1. The van der Waals surface area contributed by atoms with E-state index in [1.54, 1.807) is 6.08 Å². The molecule has 1 heterocycles. The molecule has 1 N–H and O–H groups in total. The maximum absolute atomic E-state index is 11.9. The number of allylic oxidation sites excluding steroid dienone is 1. The average Bonchev–Trinajstić information content (AvgIpc) is 2.59. The van der Waals surface area contributed by atoms with E-state index in [1.165, 1.54) is 0 Å². The third-order valence-electron chi connectivity index (χ3n) is 2.37. The quantitative estimate of drug-likeness (QED) is 0.511. The van der Waals surface area contributed by atoms with E-state index in [-0.39, 0.29) is 11.3 Å². The molecule has 1 saturated heterocycles. The Bertz CT molecular complexity index is 423. The zero-order chi connectivity index (χ0) is 11.6. The number of carbonyl (C=O) groups is 1. The Labute approximate surface area is 102 Å². The van der Waals surface area contributed by atoms with Crippen molar-refractivity contribution in [1.29, 1.82) is 0 Å². The first kappa shape index (κ1) is 11.4. The van der Waals surface area contributed by atoms with Crippen LogP contribution in [0.5, 0.6) is 0 Å². The molecule has 0 bridgehead atoms. The molecule has 3 heteroatoms. The number of rotatable bonds is 2. The van der Waals surface area contributed by atoms with E-state index in [4.69, 9.17) is 0 Å². The van der Waals surface area contributed by atoms with E-state index in [9.17, 15) is 4.79 Å². The summed E-state index contributed by atoms with van der Waals surface area (Å²) in [5, 5.41) is 4.55. The Balaban J connectivity index is 2.11. The van der Waals surface area contributed by atoms with Gasteiger partial charge in [0.2, 0.25) is 0 Å². The monoisotopic (exact) mass is 281 g/mol. The Hall–Kier alpha value is -1.05. The molecule has 0 aromatic heterocycles. The third-order valence-corrected chi connectivity index (χ3v) is 5.30. The van der Waals surface area contributed by atoms with Crippen molar-refractivity contribution in [1.82, 2.24) is 5.32 Å². The van der Waals surface area contributed by atoms with E-state index in [0.29, 0.717) is 15.0 Å². The summed E-state index contributed by atoms with van der Waals surface area (Å²) in [6, 6.07) is 9.41. The van der Waals surface area contributed by atoms with Crippen LogP contribution >= 0.6 is 0 Å². The van der Waals surface area contributed by atoms with Crippen LogP contribution in [0.2, 0.25) is 5.32 Å². The van der Waals surface area contributed by atoms with Crippen molar-refractivity contribution in [2.24, 2.45) is 0 Å². The summed E-state index contributed by atoms with van der Waals surface area (Å²) in [6.45, 7) is 4.34. The van der Waals surface area contributed by atoms with Gasteiger partial charge in [0.05, 0.1) is 0 Å². The zero-order valence-electron chi connectivity index (χ0n) is 9.49. The van der Waals surface area contributed by atoms with Gasteiger partial charge in [0.1, 0.15) is 0 Å². The van der Waals surface area contributed by atoms with Gasteiger partial charge in [0, 0.05) is 0 Å². The summed E-state index contributed by atoms with van der Waals surface area (Å²) in [5.74, 6) is 0.0997. The van der Waals surface area contributed by atoms with Crippen molar-refractivity contribution in [3.8, 4) is 0 Å². The summed E-state index contributed by atoms with van der Waals surface area (Å²) in [6.07, 6.45) is 1.75. The summed E-state index contributed by atoms with van der Waals surface area (Å²) in [4.78, 5) is 11.9. The van der Waals surface area contributed by atoms with Crippen LogP contribution in [0.1, 0.15) is 24.2 Å². The Morgan fingerprint density at radius 1 is 1.38 bits per heavy atom. The van der Waals surface area contributed by atoms with Crippen LogP contribution in [0.3, 0.4) is 0 Å². The van der Waals surface area contributed by atoms with Gasteiger partial charge in [-0.2, -0.15) is 0 Å². The molecule has 1 aliphatic heterocycles. The fraction of sp³-hybridized carbons (Fsp3) is 0.308. The number of hydrogen-bond donors (Lipinski definition) is 1. The molecule has 1 aromatic carbocycles. The number of carbonyl (C=O) groups excluding carboxylic acids is 1. The first-order chi connectivity index (χ1) is 7.57. The van der Waals surface area contributed by atoms with Gasteiger partial charge >= 0.3 is 102 Å². The van der Waals surface area contributed by atoms with Crippen molar-refractivity contribution >= 4 is 20.7 Å². The van der Waals surface area contributed by atoms with Gasteiger partial charge in [-0.25, -0.2) is 0 Å². The predicted octanol–water partition coefficient (Wildman–Crippen LogP) is 2.21. The molecule has 0 aliphatic carbocycles. The second-order valence-corrected chi connectivity index (χ2v) is 6.67. The van der Waals surface area contributed by atoms with Gasteiger partial charge in [-0.1, -0.05) is 0 Å². The zero-order valence-corrected chi connectivity index (χ0v) is 11.2. The van der Waals surface area contributed by atoms with E-state index in [0.717, 1.165) is 15.5 Å². The summed E-state index contributed by atoms with van der Waals surface area (Å²) in [7, 11) is 0. The Morgan fingerprint density at radius 3 is 2.62 bits per heavy atom. The van der Waals surface area contributed by atoms with E-state index >= 15 is 0 Å². The molecule has 84 valence electrons. The average molecular weight is 280 g/mol. The van der Waals surface area contributed by atoms with Gasteiger partial charge in [-0.15, -0.1) is 0 Å². The Kier molecular flexibility index (Phi) is 3.17. The van der Waals surface area contributed by atoms with Crippen LogP contribution in [0.15, 0.2) is 41.0 Å². The van der Waals surface area contributed by atoms with Gasteiger partial charge in [0.15, 0.2) is 0 Å². The fourth-order valence-corrected chi connectivity index (χ4v) is 3.91. The van der Waals surface area contributed by atoms with Crippen molar-refractivity contribution in [2.75, 3.05) is 0 Å². The minimum absolute atomic E-state index is 0.0997. The van der Waals surface area contributed by atoms with Crippen LogP contribution in [0.4, 0.5) is 0 Å². The molecule has 0 unspecified atom stereocenters. The Morgan fingerprint density at radius 2 is 2.06 bits per heavy atom. The van der Waals surface area contributed by atoms with Gasteiger partial charge in [-0.3, -0.25) is 0 Å². The van der Waals surface area contributed by atoms with Crippen molar-refractivity contribution in [2.45, 2.75) is 24.7 Å². The van der Waals surface area contributed by atoms with Crippen molar-refractivity contribution in [3.63, 3.8) is 0 Å². The summed E-state index contributed by atoms with van der Waals surface area (Å²) in [5.41, 5.74) is 0.917. The van der Waals surface area contributed by atoms with Crippen LogP contribution in [0, 0.1) is 0 Å². The predicted molar refractivity (Wildman–Crippen MR) is 66.6 cm³/mol. The number of nitrogens with one attached hydrogen (secondary N) is 1. The second kappa shape index (κ2) is 4.44. The second-order valence-electron chi connectivity index (χ2n) is 4.54. The first-order valence-electron chi connectivity index (χ1n) is 5.29. The first-order valence-corrected chi connectivity index (χ1v) is 7.36. The van der Waals surface area contributed by atoms with Crippen molar-refractivity contribution in [3.05, 3.63) is 46.6 Å². The van der Waals surface area contributed by atoms with E-state index in [1.807, 2.05) is 30.3 Å². The number of hydrogen-bond acceptors (Lipinski definition) is 2. The van der Waals surface area contributed by atoms with Crippen LogP contribution in [-0.2, 0) is 0 Å². The molecule has 1 fully saturated rings. The summed E-state index contributed by atoms with van der Waals surface area (Å²) >= 11 is 0.411. The topological polar surface area (TPSA) is 29.1 Å². The van der Waals surface area contributed by atoms with E-state index < -0.39 is 0 Å². The summed E-state index contributed by atoms with van der Waals surface area (Å²) < 4.78 is 1.12. The van der Waals surface area contributed by atoms with Gasteiger partial charge in [0.25, 0.3) is 0 Å². The molecule has 1 aromatic rings. The molecular weight excluding hydrogens is 265 g/mol. The molecular formula is C13H15NOSe. The molecule has 0 amide bonds. The van der Waals surface area contributed by atoms with Crippen LogP contribution in [0.25, 0.3) is 0 Å². The van der Waals surface area contributed by atoms with Gasteiger partial charge < -0.3 is 0 Å². The number of benzene rings is 1. The normalized spacial score (nSPS) is 20.8. The molecule has 0 saturated carbocycles. The molecule has 1 aliphatic rings. The molecule has 2 nitrogen and oxygen atoms in total.